The van der Waals surface area contributed by atoms with E-state index in [-0.39, 0.29) is 103 Å². The van der Waals surface area contributed by atoms with Crippen molar-refractivity contribution in [2.45, 2.75) is 83.8 Å². The van der Waals surface area contributed by atoms with Crippen LogP contribution in [0.4, 0.5) is 19.1 Å². The van der Waals surface area contributed by atoms with E-state index in [1.807, 2.05) is 26.0 Å². The van der Waals surface area contributed by atoms with Crippen molar-refractivity contribution >= 4 is 64.3 Å². The number of quaternary nitrogens is 1. The standard InChI is InChI=1S/C50H65BF2N8O14S/c1-33-28-37(57-40(33)31-42-36(16-13-27-76(69,70)71)29-41(58(42)51(57,52)53)35-14-9-8-10-15-35)18-19-46(62)55-39(17-11-12-25-61(4,5)6)49(65)54-22-23-56(3)24-26-73-45-32-43(60(67)68)38(30-44(45)72-7)34(2)74-50(66)75-59-47(63)20-21-48(59)64/h8-10,14-15,28-32,34,39H,11-13,16-27H2,1-7H3,(H2-,54,55,62,65,69,70,71). The highest BCUT2D eigenvalue weighted by Gasteiger charge is 2.54. The number of nitro benzene ring substituents is 1. The molecule has 1 saturated heterocycles. The average Bonchev–Trinajstić information content (AvgIpc) is 4.05. The molecule has 26 heteroatoms. The van der Waals surface area contributed by atoms with Crippen molar-refractivity contribution in [1.82, 2.24) is 25.1 Å². The number of benzene rings is 2. The molecule has 76 heavy (non-hydrogen) atoms. The number of likely N-dealkylation sites (N-methyl/N-ethyl adjacent to an activating group) is 1. The highest BCUT2D eigenvalue weighted by molar-refractivity contribution is 7.85. The number of allylic oxidation sites excluding steroid dienone is 2. The van der Waals surface area contributed by atoms with Crippen molar-refractivity contribution in [3.05, 3.63) is 104 Å². The van der Waals surface area contributed by atoms with Crippen molar-refractivity contribution < 1.29 is 78.5 Å². The van der Waals surface area contributed by atoms with Crippen LogP contribution < -0.4 is 20.1 Å². The second kappa shape index (κ2) is 24.8. The SMILES string of the molecule is COc1cc(C(C)OC(=O)ON2C(=O)CCC2=O)c([N+](=O)[O-])cc1OCCN(C)CCNC(=O)C(CCCC[N+](C)(C)C)NC(=O)CCc1cc(C)c2n1[B-](F)(F)[N+]1=C(c3ccccc3)C=C(CCCS(=O)(=O)[O-])C1=C2. The summed E-state index contributed by atoms with van der Waals surface area (Å²) in [6.45, 7) is 0.101. The van der Waals surface area contributed by atoms with Gasteiger partial charge in [0.05, 0.1) is 61.5 Å². The largest absolute Gasteiger partial charge is 0.748 e. The van der Waals surface area contributed by atoms with E-state index in [2.05, 4.69) is 10.6 Å². The second-order valence-corrected chi connectivity index (χ2v) is 21.4. The van der Waals surface area contributed by atoms with Gasteiger partial charge in [-0.2, -0.15) is 0 Å². The summed E-state index contributed by atoms with van der Waals surface area (Å²) in [5.74, 6) is -2.94. The van der Waals surface area contributed by atoms with E-state index in [1.54, 1.807) is 62.5 Å². The molecule has 0 saturated carbocycles. The molecule has 0 spiro atoms. The van der Waals surface area contributed by atoms with Crippen molar-refractivity contribution in [3.63, 3.8) is 0 Å². The van der Waals surface area contributed by atoms with E-state index in [9.17, 15) is 47.1 Å². The molecule has 4 heterocycles. The Labute approximate surface area is 439 Å². The topological polar surface area (TPSA) is 261 Å². The Hall–Kier alpha value is -7.03. The molecule has 3 aliphatic rings. The Kier molecular flexibility index (Phi) is 19.0. The summed E-state index contributed by atoms with van der Waals surface area (Å²) in [6.07, 6.45) is 1.73. The molecule has 4 amide bonds. The fraction of sp³-hybridized carbons (Fsp3) is 0.480. The Balaban J connectivity index is 1.06. The number of amides is 4. The van der Waals surface area contributed by atoms with E-state index in [1.165, 1.54) is 20.1 Å². The number of aromatic nitrogens is 1. The van der Waals surface area contributed by atoms with Gasteiger partial charge in [0.1, 0.15) is 18.8 Å². The fourth-order valence-corrected chi connectivity index (χ4v) is 9.70. The van der Waals surface area contributed by atoms with E-state index in [0.29, 0.717) is 40.6 Å². The van der Waals surface area contributed by atoms with Crippen LogP contribution in [0.25, 0.3) is 6.08 Å². The fourth-order valence-electron chi connectivity index (χ4n) is 9.20. The van der Waals surface area contributed by atoms with Crippen LogP contribution in [-0.2, 0) is 45.3 Å². The minimum Gasteiger partial charge on any atom is -0.748 e. The van der Waals surface area contributed by atoms with Crippen LogP contribution in [-0.4, -0.2) is 164 Å². The van der Waals surface area contributed by atoms with Crippen LogP contribution in [0, 0.1) is 17.0 Å². The first-order valence-electron chi connectivity index (χ1n) is 24.9. The number of carbonyl (C=O) groups is 5. The summed E-state index contributed by atoms with van der Waals surface area (Å²) < 4.78 is 87.6. The van der Waals surface area contributed by atoms with Gasteiger partial charge in [0.15, 0.2) is 22.9 Å². The number of hydrogen-bond acceptors (Lipinski definition) is 15. The smallest absolute Gasteiger partial charge is 0.737 e. The lowest BCUT2D eigenvalue weighted by molar-refractivity contribution is -0.870. The molecule has 2 atom stereocenters. The molecule has 22 nitrogen and oxygen atoms in total. The van der Waals surface area contributed by atoms with E-state index < -0.39 is 75.4 Å². The summed E-state index contributed by atoms with van der Waals surface area (Å²) in [6, 6.07) is 11.7. The third-order valence-corrected chi connectivity index (χ3v) is 13.9. The van der Waals surface area contributed by atoms with Gasteiger partial charge in [-0.3, -0.25) is 34.1 Å². The van der Waals surface area contributed by atoms with Crippen LogP contribution in [0.15, 0.2) is 65.9 Å². The number of methoxy groups -OCH3 is 1. The molecule has 2 unspecified atom stereocenters. The third kappa shape index (κ3) is 14.9. The molecule has 6 rings (SSSR count). The Morgan fingerprint density at radius 2 is 1.68 bits per heavy atom. The first-order valence-corrected chi connectivity index (χ1v) is 26.5. The number of halogens is 2. The van der Waals surface area contributed by atoms with Crippen molar-refractivity contribution in [1.29, 1.82) is 0 Å². The number of unbranched alkanes of at least 4 members (excludes halogenated alkanes) is 1. The van der Waals surface area contributed by atoms with Gasteiger partial charge in [0.2, 0.25) is 11.8 Å². The Morgan fingerprint density at radius 1 is 0.987 bits per heavy atom. The number of rotatable bonds is 27. The zero-order valence-corrected chi connectivity index (χ0v) is 44.5. The molecule has 2 N–H and O–H groups in total. The minimum absolute atomic E-state index is 0.0134. The van der Waals surface area contributed by atoms with E-state index >= 15 is 8.63 Å². The lowest BCUT2D eigenvalue weighted by Gasteiger charge is -2.32. The molecule has 1 aromatic heterocycles. The number of fused-ring (bicyclic) bond motifs is 2. The summed E-state index contributed by atoms with van der Waals surface area (Å²) in [5.41, 5.74) is 1.85. The van der Waals surface area contributed by atoms with Gasteiger partial charge in [-0.1, -0.05) is 23.3 Å². The predicted molar refractivity (Wildman–Crippen MR) is 273 cm³/mol. The maximum Gasteiger partial charge on any atom is 0.737 e. The number of hydrogen-bond donors (Lipinski definition) is 2. The summed E-state index contributed by atoms with van der Waals surface area (Å²) in [5, 5.41) is 18.1. The zero-order chi connectivity index (χ0) is 55.7. The van der Waals surface area contributed by atoms with E-state index in [4.69, 9.17) is 19.0 Å². The third-order valence-electron chi connectivity index (χ3n) is 13.1. The van der Waals surface area contributed by atoms with Crippen LogP contribution in [0.2, 0.25) is 0 Å². The molecule has 0 radical (unpaired) electrons. The summed E-state index contributed by atoms with van der Waals surface area (Å²) in [4.78, 5) is 81.4. The normalized spacial score (nSPS) is 15.9. The van der Waals surface area contributed by atoms with Crippen LogP contribution in [0.3, 0.4) is 0 Å². The number of nitrogens with zero attached hydrogens (tertiary/aromatic N) is 6. The second-order valence-electron chi connectivity index (χ2n) is 19.9. The van der Waals surface area contributed by atoms with Gasteiger partial charge in [-0.25, -0.2) is 13.2 Å². The first kappa shape index (κ1) is 58.2. The zero-order valence-electron chi connectivity index (χ0n) is 43.7. The van der Waals surface area contributed by atoms with Gasteiger partial charge < -0.3 is 56.4 Å². The van der Waals surface area contributed by atoms with Crippen LogP contribution in [0.1, 0.15) is 92.5 Å². The monoisotopic (exact) mass is 1080 g/mol. The summed E-state index contributed by atoms with van der Waals surface area (Å²) >= 11 is 0. The summed E-state index contributed by atoms with van der Waals surface area (Å²) in [7, 11) is 4.70. The van der Waals surface area contributed by atoms with Crippen LogP contribution >= 0.6 is 0 Å². The number of ether oxygens (including phenoxy) is 3. The maximum absolute atomic E-state index is 17.2. The number of aryl methyl sites for hydroxylation is 2. The molecule has 3 aliphatic heterocycles. The minimum atomic E-state index is -4.55. The van der Waals surface area contributed by atoms with Crippen molar-refractivity contribution in [3.8, 4) is 11.5 Å². The van der Waals surface area contributed by atoms with Crippen molar-refractivity contribution in [2.24, 2.45) is 0 Å². The number of carbonyl (C=O) groups excluding carboxylic acids is 5. The van der Waals surface area contributed by atoms with Gasteiger partial charge in [0.25, 0.3) is 17.5 Å². The van der Waals surface area contributed by atoms with Crippen LogP contribution in [0.5, 0.6) is 11.5 Å². The molecular formula is C50H65BF2N8O14S. The number of hydroxylamine groups is 2. The first-order chi connectivity index (χ1) is 35.8. The van der Waals surface area contributed by atoms with Crippen molar-refractivity contribution in [2.75, 3.05) is 73.8 Å². The molecule has 2 aromatic carbocycles. The van der Waals surface area contributed by atoms with Gasteiger partial charge in [0, 0.05) is 73.6 Å². The molecule has 3 aromatic rings. The highest BCUT2D eigenvalue weighted by atomic mass is 32.2. The predicted octanol–water partition coefficient (Wildman–Crippen LogP) is 4.76. The Morgan fingerprint density at radius 3 is 2.33 bits per heavy atom. The number of imide groups is 1. The van der Waals surface area contributed by atoms with E-state index in [0.717, 1.165) is 28.0 Å². The Bertz CT molecular complexity index is 2910. The van der Waals surface area contributed by atoms with Gasteiger partial charge in [-0.15, -0.1) is 0 Å². The molecule has 0 aliphatic carbocycles. The molecule has 0 bridgehead atoms. The molecule has 1 fully saturated rings. The average molecular weight is 1080 g/mol. The van der Waals surface area contributed by atoms with Gasteiger partial charge >= 0.3 is 13.1 Å². The lowest BCUT2D eigenvalue weighted by atomic mass is 9.88. The highest BCUT2D eigenvalue weighted by Crippen LogP contribution is 2.41. The van der Waals surface area contributed by atoms with Gasteiger partial charge in [-0.05, 0) is 94.9 Å². The molecular weight excluding hydrogens is 1020 g/mol. The quantitative estimate of drug-likeness (QED) is 0.0153. The number of nitro groups is 1. The number of nitrogens with one attached hydrogen (secondary N) is 2. The lowest BCUT2D eigenvalue weighted by Crippen LogP contribution is -2.51. The molecule has 412 valence electrons. The maximum atomic E-state index is 17.2.